The molecule has 0 radical (unpaired) electrons. The number of imidazole rings is 1. The summed E-state index contributed by atoms with van der Waals surface area (Å²) in [5.74, 6) is 0. The Bertz CT molecular complexity index is 569. The molecule has 0 spiro atoms. The van der Waals surface area contributed by atoms with Gasteiger partial charge in [-0.2, -0.15) is 0 Å². The summed E-state index contributed by atoms with van der Waals surface area (Å²) < 4.78 is 7.88. The zero-order chi connectivity index (χ0) is 14.0. The second-order valence-electron chi connectivity index (χ2n) is 6.49. The third-order valence-electron chi connectivity index (χ3n) is 3.46. The summed E-state index contributed by atoms with van der Waals surface area (Å²) in [6, 6.07) is 5.54. The van der Waals surface area contributed by atoms with Crippen LogP contribution in [0.15, 0.2) is 18.5 Å². The fraction of sp³-hybridized carbons (Fsp3) is 0.533. The quantitative estimate of drug-likeness (QED) is 0.610. The maximum absolute atomic E-state index is 5.79. The van der Waals surface area contributed by atoms with Gasteiger partial charge in [0.15, 0.2) is 0 Å². The first-order chi connectivity index (χ1) is 8.87. The second kappa shape index (κ2) is 5.47. The van der Waals surface area contributed by atoms with Gasteiger partial charge in [-0.05, 0) is 43.2 Å². The molecule has 2 rings (SSSR count). The van der Waals surface area contributed by atoms with Crippen LogP contribution in [0, 0.1) is 13.8 Å². The maximum Gasteiger partial charge on any atom is 0.124 e. The summed E-state index contributed by atoms with van der Waals surface area (Å²) in [5, 5.41) is 0. The van der Waals surface area contributed by atoms with Gasteiger partial charge in [0.05, 0.1) is 17.4 Å². The smallest absolute Gasteiger partial charge is 0.124 e. The van der Waals surface area contributed by atoms with E-state index in [1.165, 1.54) is 17.2 Å². The molecule has 0 saturated heterocycles. The van der Waals surface area contributed by atoms with Crippen LogP contribution in [0.25, 0.3) is 11.0 Å². The predicted octanol–water partition coefficient (Wildman–Crippen LogP) is 3.97. The van der Waals surface area contributed by atoms with Gasteiger partial charge in [0, 0.05) is 14.7 Å². The van der Waals surface area contributed by atoms with Crippen molar-refractivity contribution in [2.24, 2.45) is 0 Å². The van der Waals surface area contributed by atoms with E-state index in [1.54, 1.807) is 0 Å². The average Bonchev–Trinajstić information content (AvgIpc) is 2.67. The molecule has 3 nitrogen and oxygen atoms in total. The lowest BCUT2D eigenvalue weighted by Crippen LogP contribution is -2.21. The van der Waals surface area contributed by atoms with Gasteiger partial charge in [-0.15, -0.1) is 0 Å². The van der Waals surface area contributed by atoms with Crippen LogP contribution in [0.1, 0.15) is 11.1 Å². The fourth-order valence-electron chi connectivity index (χ4n) is 1.96. The van der Waals surface area contributed by atoms with Crippen LogP contribution in [-0.2, 0) is 11.5 Å². The van der Waals surface area contributed by atoms with Crippen LogP contribution >= 0.6 is 0 Å². The van der Waals surface area contributed by atoms with E-state index in [0.29, 0.717) is 6.73 Å². The molecule has 0 atom stereocenters. The third-order valence-corrected chi connectivity index (χ3v) is 5.17. The first kappa shape index (κ1) is 14.3. The topological polar surface area (TPSA) is 27.1 Å². The van der Waals surface area contributed by atoms with E-state index < -0.39 is 8.07 Å². The Hall–Kier alpha value is -1.13. The molecule has 0 aliphatic rings. The van der Waals surface area contributed by atoms with Crippen LogP contribution in [-0.4, -0.2) is 24.2 Å². The summed E-state index contributed by atoms with van der Waals surface area (Å²) in [5.41, 5.74) is 4.81. The van der Waals surface area contributed by atoms with Crippen molar-refractivity contribution in [3.05, 3.63) is 29.6 Å². The predicted molar refractivity (Wildman–Crippen MR) is 83.3 cm³/mol. The Morgan fingerprint density at radius 3 is 2.53 bits per heavy atom. The standard InChI is InChI=1S/C15H24N2OSi/c1-12-8-14-15(9-13(12)2)17(10-16-14)11-18-6-7-19(3,4)5/h8-10H,6-7,11H2,1-5H3. The number of rotatable bonds is 5. The molecule has 1 aromatic carbocycles. The van der Waals surface area contributed by atoms with Crippen LogP contribution in [0.4, 0.5) is 0 Å². The van der Waals surface area contributed by atoms with E-state index in [-0.39, 0.29) is 0 Å². The Kier molecular flexibility index (Phi) is 4.11. The number of hydrogen-bond acceptors (Lipinski definition) is 2. The highest BCUT2D eigenvalue weighted by Gasteiger charge is 2.12. The van der Waals surface area contributed by atoms with Crippen molar-refractivity contribution in [1.82, 2.24) is 9.55 Å². The minimum absolute atomic E-state index is 0.601. The van der Waals surface area contributed by atoms with E-state index in [2.05, 4.69) is 55.2 Å². The monoisotopic (exact) mass is 276 g/mol. The first-order valence-electron chi connectivity index (χ1n) is 6.87. The van der Waals surface area contributed by atoms with Gasteiger partial charge in [0.2, 0.25) is 0 Å². The molecule has 4 heteroatoms. The number of hydrogen-bond donors (Lipinski definition) is 0. The molecule has 0 unspecified atom stereocenters. The summed E-state index contributed by atoms with van der Waals surface area (Å²) in [7, 11) is -0.999. The first-order valence-corrected chi connectivity index (χ1v) is 10.6. The number of ether oxygens (including phenoxy) is 1. The van der Waals surface area contributed by atoms with Crippen LogP contribution in [0.2, 0.25) is 25.7 Å². The van der Waals surface area contributed by atoms with Crippen molar-refractivity contribution in [3.63, 3.8) is 0 Å². The van der Waals surface area contributed by atoms with E-state index in [9.17, 15) is 0 Å². The minimum Gasteiger partial charge on any atom is -0.361 e. The summed E-state index contributed by atoms with van der Waals surface area (Å²) in [6.07, 6.45) is 1.87. The maximum atomic E-state index is 5.79. The molecule has 0 saturated carbocycles. The van der Waals surface area contributed by atoms with Crippen molar-refractivity contribution >= 4 is 19.1 Å². The largest absolute Gasteiger partial charge is 0.361 e. The Labute approximate surface area is 116 Å². The SMILES string of the molecule is Cc1cc2ncn(COCC[Si](C)(C)C)c2cc1C. The molecule has 104 valence electrons. The Morgan fingerprint density at radius 1 is 1.16 bits per heavy atom. The molecule has 0 N–H and O–H groups in total. The molecule has 19 heavy (non-hydrogen) atoms. The van der Waals surface area contributed by atoms with Gasteiger partial charge in [-0.1, -0.05) is 19.6 Å². The Morgan fingerprint density at radius 2 is 1.84 bits per heavy atom. The molecular formula is C15H24N2OSi. The number of aromatic nitrogens is 2. The zero-order valence-corrected chi connectivity index (χ0v) is 13.7. The van der Waals surface area contributed by atoms with Crippen molar-refractivity contribution in [2.75, 3.05) is 6.61 Å². The number of nitrogens with zero attached hydrogens (tertiary/aromatic N) is 2. The van der Waals surface area contributed by atoms with Gasteiger partial charge >= 0.3 is 0 Å². The van der Waals surface area contributed by atoms with Crippen molar-refractivity contribution in [3.8, 4) is 0 Å². The van der Waals surface area contributed by atoms with Gasteiger partial charge in [-0.3, -0.25) is 0 Å². The van der Waals surface area contributed by atoms with Gasteiger partial charge in [-0.25, -0.2) is 4.98 Å². The normalized spacial score (nSPS) is 12.3. The fourth-order valence-corrected chi connectivity index (χ4v) is 2.71. The van der Waals surface area contributed by atoms with E-state index >= 15 is 0 Å². The van der Waals surface area contributed by atoms with Gasteiger partial charge in [0.25, 0.3) is 0 Å². The molecule has 0 aliphatic carbocycles. The summed E-state index contributed by atoms with van der Waals surface area (Å²) in [4.78, 5) is 4.44. The number of aryl methyl sites for hydroxylation is 2. The zero-order valence-electron chi connectivity index (χ0n) is 12.7. The van der Waals surface area contributed by atoms with Crippen LogP contribution < -0.4 is 0 Å². The molecule has 0 aliphatic heterocycles. The summed E-state index contributed by atoms with van der Waals surface area (Å²) in [6.45, 7) is 12.8. The molecule has 0 fully saturated rings. The molecule has 0 amide bonds. The number of benzene rings is 1. The second-order valence-corrected chi connectivity index (χ2v) is 12.1. The highest BCUT2D eigenvalue weighted by Crippen LogP contribution is 2.18. The summed E-state index contributed by atoms with van der Waals surface area (Å²) >= 11 is 0. The van der Waals surface area contributed by atoms with Crippen molar-refractivity contribution < 1.29 is 4.74 Å². The van der Waals surface area contributed by atoms with Crippen molar-refractivity contribution in [2.45, 2.75) is 46.3 Å². The van der Waals surface area contributed by atoms with E-state index in [0.717, 1.165) is 17.6 Å². The molecule has 2 aromatic rings. The lowest BCUT2D eigenvalue weighted by atomic mass is 10.1. The Balaban J connectivity index is 2.03. The van der Waals surface area contributed by atoms with Crippen LogP contribution in [0.5, 0.6) is 0 Å². The van der Waals surface area contributed by atoms with Gasteiger partial charge < -0.3 is 9.30 Å². The average molecular weight is 276 g/mol. The molecular weight excluding hydrogens is 252 g/mol. The lowest BCUT2D eigenvalue weighted by Gasteiger charge is -2.15. The third kappa shape index (κ3) is 3.67. The van der Waals surface area contributed by atoms with Gasteiger partial charge in [0.1, 0.15) is 6.73 Å². The van der Waals surface area contributed by atoms with E-state index in [4.69, 9.17) is 4.74 Å². The van der Waals surface area contributed by atoms with E-state index in [1.807, 2.05) is 6.33 Å². The lowest BCUT2D eigenvalue weighted by molar-refractivity contribution is 0.0898. The highest BCUT2D eigenvalue weighted by molar-refractivity contribution is 6.76. The van der Waals surface area contributed by atoms with Crippen LogP contribution in [0.3, 0.4) is 0 Å². The molecule has 1 aromatic heterocycles. The molecule has 1 heterocycles. The minimum atomic E-state index is -0.999. The number of fused-ring (bicyclic) bond motifs is 1. The highest BCUT2D eigenvalue weighted by atomic mass is 28.3. The molecule has 0 bridgehead atoms. The van der Waals surface area contributed by atoms with Crippen molar-refractivity contribution in [1.29, 1.82) is 0 Å².